The first-order valence-corrected chi connectivity index (χ1v) is 11.7. The van der Waals surface area contributed by atoms with Gasteiger partial charge in [0.05, 0.1) is 11.2 Å². The lowest BCUT2D eigenvalue weighted by atomic mass is 10.1. The van der Waals surface area contributed by atoms with Crippen LogP contribution in [0.3, 0.4) is 0 Å². The Morgan fingerprint density at radius 3 is 2.68 bits per heavy atom. The van der Waals surface area contributed by atoms with Crippen molar-refractivity contribution in [1.82, 2.24) is 20.1 Å². The number of rotatable bonds is 7. The van der Waals surface area contributed by atoms with Crippen molar-refractivity contribution in [3.8, 4) is 0 Å². The van der Waals surface area contributed by atoms with E-state index in [1.165, 1.54) is 17.4 Å². The SMILES string of the molecule is CCN(C=S)C(=O)Nc1cc(CN2CCN(c3ccc(C(=O)NC)nc3F)C(C)C2)ccc1C. The number of nitrogens with zero attached hydrogens (tertiary/aromatic N) is 4. The van der Waals surface area contributed by atoms with Crippen LogP contribution in [0.5, 0.6) is 0 Å². The average molecular weight is 487 g/mol. The van der Waals surface area contributed by atoms with Crippen LogP contribution in [0.2, 0.25) is 0 Å². The number of nitrogens with one attached hydrogen (secondary N) is 2. The second-order valence-electron chi connectivity index (χ2n) is 8.33. The fourth-order valence-electron chi connectivity index (χ4n) is 4.04. The molecule has 3 amide bonds. The standard InChI is InChI=1S/C24H31FN6O2S/c1-5-30(15-34)24(33)28-20-12-18(7-6-16(20)2)14-29-10-11-31(17(3)13-29)21-9-8-19(23(32)26-4)27-22(21)25/h6-9,12,15,17H,5,10-11,13-14H2,1-4H3,(H,26,32)(H,28,33). The van der Waals surface area contributed by atoms with E-state index >= 15 is 0 Å². The minimum atomic E-state index is -0.641. The number of piperazine rings is 1. The quantitative estimate of drug-likeness (QED) is 0.461. The lowest BCUT2D eigenvalue weighted by molar-refractivity contribution is 0.0957. The summed E-state index contributed by atoms with van der Waals surface area (Å²) in [6.45, 7) is 9.18. The number of hydrogen-bond donors (Lipinski definition) is 2. The highest BCUT2D eigenvalue weighted by Gasteiger charge is 2.27. The second kappa shape index (κ2) is 11.3. The van der Waals surface area contributed by atoms with Crippen LogP contribution in [-0.4, -0.2) is 71.5 Å². The van der Waals surface area contributed by atoms with E-state index in [4.69, 9.17) is 12.2 Å². The topological polar surface area (TPSA) is 80.8 Å². The lowest BCUT2D eigenvalue weighted by Gasteiger charge is -2.41. The Kier molecular flexibility index (Phi) is 8.51. The fourth-order valence-corrected chi connectivity index (χ4v) is 4.29. The molecular formula is C24H31FN6O2S. The Balaban J connectivity index is 1.66. The number of thiocarbonyl (C=S) groups is 1. The molecule has 1 fully saturated rings. The third-order valence-corrected chi connectivity index (χ3v) is 6.24. The maximum absolute atomic E-state index is 14.7. The first-order valence-electron chi connectivity index (χ1n) is 11.3. The minimum absolute atomic E-state index is 0.0567. The first kappa shape index (κ1) is 25.5. The summed E-state index contributed by atoms with van der Waals surface area (Å²) in [5.74, 6) is -1.06. The van der Waals surface area contributed by atoms with E-state index < -0.39 is 11.9 Å². The third kappa shape index (κ3) is 5.87. The summed E-state index contributed by atoms with van der Waals surface area (Å²) in [5.41, 5.74) is 4.62. The molecule has 0 bridgehead atoms. The van der Waals surface area contributed by atoms with Gasteiger partial charge in [0, 0.05) is 51.5 Å². The van der Waals surface area contributed by atoms with Gasteiger partial charge in [0.25, 0.3) is 5.91 Å². The van der Waals surface area contributed by atoms with Crippen molar-refractivity contribution >= 4 is 41.0 Å². The summed E-state index contributed by atoms with van der Waals surface area (Å²) in [7, 11) is 1.49. The number of halogens is 1. The molecule has 1 aromatic heterocycles. The van der Waals surface area contributed by atoms with Crippen molar-refractivity contribution in [2.24, 2.45) is 0 Å². The number of amides is 3. The number of urea groups is 1. The Hall–Kier alpha value is -3.11. The third-order valence-electron chi connectivity index (χ3n) is 5.99. The number of pyridine rings is 1. The number of carbonyl (C=O) groups is 2. The smallest absolute Gasteiger partial charge is 0.326 e. The number of carbonyl (C=O) groups excluding carboxylic acids is 2. The number of anilines is 2. The molecule has 0 spiro atoms. The van der Waals surface area contributed by atoms with Crippen molar-refractivity contribution in [3.63, 3.8) is 0 Å². The summed E-state index contributed by atoms with van der Waals surface area (Å²) < 4.78 is 14.7. The van der Waals surface area contributed by atoms with Crippen molar-refractivity contribution in [1.29, 1.82) is 0 Å². The van der Waals surface area contributed by atoms with Crippen molar-refractivity contribution in [2.75, 3.05) is 43.4 Å². The van der Waals surface area contributed by atoms with E-state index in [0.29, 0.717) is 25.3 Å². The molecular weight excluding hydrogens is 455 g/mol. The molecule has 1 saturated heterocycles. The molecule has 1 aromatic carbocycles. The summed E-state index contributed by atoms with van der Waals surface area (Å²) in [6, 6.07) is 9.00. The minimum Gasteiger partial charge on any atom is -0.363 e. The van der Waals surface area contributed by atoms with Gasteiger partial charge in [-0.25, -0.2) is 9.78 Å². The van der Waals surface area contributed by atoms with Gasteiger partial charge in [-0.1, -0.05) is 24.4 Å². The second-order valence-corrected chi connectivity index (χ2v) is 8.54. The largest absolute Gasteiger partial charge is 0.363 e. The van der Waals surface area contributed by atoms with Crippen LogP contribution in [0.1, 0.15) is 35.5 Å². The Bertz CT molecular complexity index is 1070. The molecule has 2 aromatic rings. The first-order chi connectivity index (χ1) is 16.3. The number of aryl methyl sites for hydroxylation is 1. The predicted octanol–water partition coefficient (Wildman–Crippen LogP) is 3.41. The van der Waals surface area contributed by atoms with E-state index in [9.17, 15) is 14.0 Å². The highest BCUT2D eigenvalue weighted by atomic mass is 32.1. The van der Waals surface area contributed by atoms with E-state index in [0.717, 1.165) is 29.9 Å². The highest BCUT2D eigenvalue weighted by molar-refractivity contribution is 7.78. The van der Waals surface area contributed by atoms with Gasteiger partial charge >= 0.3 is 6.03 Å². The molecule has 1 aliphatic heterocycles. The van der Waals surface area contributed by atoms with E-state index in [2.05, 4.69) is 26.6 Å². The van der Waals surface area contributed by atoms with Gasteiger partial charge < -0.3 is 15.5 Å². The van der Waals surface area contributed by atoms with Crippen molar-refractivity contribution in [2.45, 2.75) is 33.4 Å². The van der Waals surface area contributed by atoms with Crippen LogP contribution in [0, 0.1) is 12.9 Å². The van der Waals surface area contributed by atoms with Crippen LogP contribution in [0.15, 0.2) is 30.3 Å². The predicted molar refractivity (Wildman–Crippen MR) is 136 cm³/mol. The van der Waals surface area contributed by atoms with Crippen molar-refractivity contribution in [3.05, 3.63) is 53.1 Å². The molecule has 2 N–H and O–H groups in total. The highest BCUT2D eigenvalue weighted by Crippen LogP contribution is 2.25. The molecule has 0 radical (unpaired) electrons. The van der Waals surface area contributed by atoms with Crippen LogP contribution in [0.4, 0.5) is 20.6 Å². The zero-order chi connectivity index (χ0) is 24.8. The van der Waals surface area contributed by atoms with Gasteiger partial charge in [0.1, 0.15) is 5.69 Å². The fraction of sp³-hybridized carbons (Fsp3) is 0.417. The normalized spacial score (nSPS) is 16.1. The van der Waals surface area contributed by atoms with E-state index in [-0.39, 0.29) is 17.8 Å². The zero-order valence-corrected chi connectivity index (χ0v) is 20.8. The summed E-state index contributed by atoms with van der Waals surface area (Å²) >= 11 is 4.90. The van der Waals surface area contributed by atoms with Gasteiger partial charge in [-0.05, 0) is 50.1 Å². The van der Waals surface area contributed by atoms with Crippen LogP contribution < -0.4 is 15.5 Å². The Morgan fingerprint density at radius 1 is 1.29 bits per heavy atom. The monoisotopic (exact) mass is 486 g/mol. The molecule has 1 unspecified atom stereocenters. The number of aromatic nitrogens is 1. The van der Waals surface area contributed by atoms with Crippen LogP contribution in [-0.2, 0) is 6.54 Å². The van der Waals surface area contributed by atoms with Crippen LogP contribution >= 0.6 is 12.2 Å². The molecule has 2 heterocycles. The maximum Gasteiger partial charge on any atom is 0.326 e. The van der Waals surface area contributed by atoms with Gasteiger partial charge in [0.2, 0.25) is 5.95 Å². The summed E-state index contributed by atoms with van der Waals surface area (Å²) in [6.07, 6.45) is 0. The molecule has 0 saturated carbocycles. The molecule has 0 aliphatic carbocycles. The van der Waals surface area contributed by atoms with Crippen LogP contribution in [0.25, 0.3) is 0 Å². The Morgan fingerprint density at radius 2 is 2.06 bits per heavy atom. The van der Waals surface area contributed by atoms with Gasteiger partial charge in [-0.2, -0.15) is 4.39 Å². The molecule has 182 valence electrons. The van der Waals surface area contributed by atoms with Gasteiger partial charge in [-0.15, -0.1) is 0 Å². The summed E-state index contributed by atoms with van der Waals surface area (Å²) in [5, 5.41) is 5.39. The van der Waals surface area contributed by atoms with Gasteiger partial charge in [0.15, 0.2) is 0 Å². The average Bonchev–Trinajstić information content (AvgIpc) is 2.82. The lowest BCUT2D eigenvalue weighted by Crippen LogP contribution is -2.52. The number of benzene rings is 1. The summed E-state index contributed by atoms with van der Waals surface area (Å²) in [4.78, 5) is 33.7. The number of hydrogen-bond acceptors (Lipinski definition) is 6. The Labute approximate surface area is 205 Å². The molecule has 1 aliphatic rings. The molecule has 10 heteroatoms. The van der Waals surface area contributed by atoms with E-state index in [1.54, 1.807) is 12.1 Å². The molecule has 1 atom stereocenters. The van der Waals surface area contributed by atoms with Crippen molar-refractivity contribution < 1.29 is 14.0 Å². The van der Waals surface area contributed by atoms with Gasteiger partial charge in [-0.3, -0.25) is 14.6 Å². The molecule has 3 rings (SSSR count). The van der Waals surface area contributed by atoms with E-state index in [1.807, 2.05) is 37.8 Å². The maximum atomic E-state index is 14.7. The molecule has 34 heavy (non-hydrogen) atoms. The zero-order valence-electron chi connectivity index (χ0n) is 20.0. The molecule has 8 nitrogen and oxygen atoms in total.